The summed E-state index contributed by atoms with van der Waals surface area (Å²) in [5.41, 5.74) is 1.85. The lowest BCUT2D eigenvalue weighted by Gasteiger charge is -2.27. The first kappa shape index (κ1) is 16.0. The van der Waals surface area contributed by atoms with Gasteiger partial charge in [0.2, 0.25) is 0 Å². The van der Waals surface area contributed by atoms with Crippen LogP contribution in [0.15, 0.2) is 30.1 Å². The molecular formula is C16H18FNO4. The van der Waals surface area contributed by atoms with Crippen molar-refractivity contribution in [2.75, 3.05) is 19.7 Å². The van der Waals surface area contributed by atoms with Gasteiger partial charge in [0.05, 0.1) is 6.33 Å². The highest BCUT2D eigenvalue weighted by Gasteiger charge is 2.26. The number of aliphatic carboxylic acids is 1. The largest absolute Gasteiger partial charge is 0.489 e. The average Bonchev–Trinajstić information content (AvgIpc) is 2.51. The summed E-state index contributed by atoms with van der Waals surface area (Å²) in [4.78, 5) is 24.4. The lowest BCUT2D eigenvalue weighted by Crippen LogP contribution is -2.40. The van der Waals surface area contributed by atoms with Crippen LogP contribution in [0.25, 0.3) is 0 Å². The predicted molar refractivity (Wildman–Crippen MR) is 78.7 cm³/mol. The Morgan fingerprint density at radius 2 is 2.27 bits per heavy atom. The molecular weight excluding hydrogens is 289 g/mol. The minimum atomic E-state index is -1.04. The number of carbonyl (C=O) groups is 2. The Balaban J connectivity index is 2.14. The Morgan fingerprint density at radius 3 is 2.91 bits per heavy atom. The van der Waals surface area contributed by atoms with Crippen LogP contribution in [0.4, 0.5) is 4.39 Å². The molecule has 1 aromatic carbocycles. The molecule has 0 atom stereocenters. The summed E-state index contributed by atoms with van der Waals surface area (Å²) >= 11 is 0. The van der Waals surface area contributed by atoms with Crippen LogP contribution in [-0.2, 0) is 11.2 Å². The van der Waals surface area contributed by atoms with Gasteiger partial charge in [-0.3, -0.25) is 9.59 Å². The summed E-state index contributed by atoms with van der Waals surface area (Å²) in [7, 11) is 0. The van der Waals surface area contributed by atoms with Crippen molar-refractivity contribution in [3.05, 3.63) is 41.2 Å². The standard InChI is InChI=1S/C16H18FNO4/c1-2-11(8-17)10-22-13-4-3-12-5-6-18(9-15(19)20)16(21)14(12)7-13/h3-4,7-8H,2,5-6,9-10H2,1H3,(H,19,20)/b11-8+. The first-order valence-electron chi connectivity index (χ1n) is 7.10. The van der Waals surface area contributed by atoms with E-state index >= 15 is 0 Å². The van der Waals surface area contributed by atoms with Crippen LogP contribution in [0.3, 0.4) is 0 Å². The van der Waals surface area contributed by atoms with E-state index in [1.807, 2.05) is 6.92 Å². The van der Waals surface area contributed by atoms with Gasteiger partial charge in [-0.05, 0) is 36.1 Å². The average molecular weight is 307 g/mol. The molecule has 2 rings (SSSR count). The number of fused-ring (bicyclic) bond motifs is 1. The highest BCUT2D eigenvalue weighted by atomic mass is 19.1. The van der Waals surface area contributed by atoms with E-state index in [0.29, 0.717) is 42.6 Å². The normalized spacial score (nSPS) is 14.7. The summed E-state index contributed by atoms with van der Waals surface area (Å²) in [5.74, 6) is -0.882. The molecule has 0 aromatic heterocycles. The fourth-order valence-corrected chi connectivity index (χ4v) is 2.29. The van der Waals surface area contributed by atoms with Gasteiger partial charge < -0.3 is 14.7 Å². The molecule has 0 spiro atoms. The van der Waals surface area contributed by atoms with Crippen LogP contribution < -0.4 is 4.74 Å². The first-order valence-corrected chi connectivity index (χ1v) is 7.10. The zero-order valence-corrected chi connectivity index (χ0v) is 12.3. The van der Waals surface area contributed by atoms with Gasteiger partial charge in [-0.15, -0.1) is 0 Å². The zero-order chi connectivity index (χ0) is 16.1. The first-order chi connectivity index (χ1) is 10.5. The molecule has 1 N–H and O–H groups in total. The molecule has 0 radical (unpaired) electrons. The summed E-state index contributed by atoms with van der Waals surface area (Å²) in [6.07, 6.45) is 1.68. The molecule has 6 heteroatoms. The van der Waals surface area contributed by atoms with Crippen molar-refractivity contribution in [2.45, 2.75) is 19.8 Å². The molecule has 0 bridgehead atoms. The van der Waals surface area contributed by atoms with E-state index < -0.39 is 5.97 Å². The number of carboxylic acid groups (broad SMARTS) is 1. The topological polar surface area (TPSA) is 66.8 Å². The SMILES string of the molecule is CC/C(=C\F)COc1ccc2c(c1)C(=O)N(CC(=O)O)CC2. The zero-order valence-electron chi connectivity index (χ0n) is 12.3. The second kappa shape index (κ2) is 7.06. The van der Waals surface area contributed by atoms with Crippen molar-refractivity contribution in [3.63, 3.8) is 0 Å². The third-order valence-corrected chi connectivity index (χ3v) is 3.61. The Morgan fingerprint density at radius 1 is 1.50 bits per heavy atom. The fourth-order valence-electron chi connectivity index (χ4n) is 2.29. The summed E-state index contributed by atoms with van der Waals surface area (Å²) in [6, 6.07) is 5.13. The number of ether oxygens (including phenoxy) is 1. The van der Waals surface area contributed by atoms with E-state index in [4.69, 9.17) is 9.84 Å². The van der Waals surface area contributed by atoms with Crippen LogP contribution in [-0.4, -0.2) is 41.6 Å². The van der Waals surface area contributed by atoms with E-state index in [9.17, 15) is 14.0 Å². The number of amides is 1. The maximum absolute atomic E-state index is 12.5. The van der Waals surface area contributed by atoms with Crippen molar-refractivity contribution in [1.82, 2.24) is 4.90 Å². The number of rotatable bonds is 6. The molecule has 1 heterocycles. The maximum atomic E-state index is 12.5. The number of carbonyl (C=O) groups excluding carboxylic acids is 1. The van der Waals surface area contributed by atoms with E-state index in [1.54, 1.807) is 18.2 Å². The number of hydrogen-bond acceptors (Lipinski definition) is 3. The Kier molecular flexibility index (Phi) is 5.14. The molecule has 1 aromatic rings. The molecule has 0 unspecified atom stereocenters. The Bertz CT molecular complexity index is 612. The highest BCUT2D eigenvalue weighted by Crippen LogP contribution is 2.24. The molecule has 1 aliphatic heterocycles. The number of benzene rings is 1. The molecule has 0 saturated heterocycles. The van der Waals surface area contributed by atoms with Crippen molar-refractivity contribution in [2.24, 2.45) is 0 Å². The minimum Gasteiger partial charge on any atom is -0.489 e. The Labute approximate surface area is 128 Å². The predicted octanol–water partition coefficient (Wildman–Crippen LogP) is 2.41. The monoisotopic (exact) mass is 307 g/mol. The van der Waals surface area contributed by atoms with Crippen LogP contribution in [0.5, 0.6) is 5.75 Å². The van der Waals surface area contributed by atoms with Gasteiger partial charge in [0.1, 0.15) is 18.9 Å². The molecule has 5 nitrogen and oxygen atoms in total. The molecule has 1 amide bonds. The lowest BCUT2D eigenvalue weighted by molar-refractivity contribution is -0.137. The van der Waals surface area contributed by atoms with Gasteiger partial charge in [0, 0.05) is 12.1 Å². The van der Waals surface area contributed by atoms with E-state index in [2.05, 4.69) is 0 Å². The van der Waals surface area contributed by atoms with Crippen molar-refractivity contribution in [1.29, 1.82) is 0 Å². The van der Waals surface area contributed by atoms with Crippen molar-refractivity contribution >= 4 is 11.9 Å². The van der Waals surface area contributed by atoms with Crippen molar-refractivity contribution in [3.8, 4) is 5.75 Å². The number of nitrogens with zero attached hydrogens (tertiary/aromatic N) is 1. The molecule has 1 aliphatic rings. The van der Waals surface area contributed by atoms with Gasteiger partial charge in [0.15, 0.2) is 0 Å². The quantitative estimate of drug-likeness (QED) is 0.876. The van der Waals surface area contributed by atoms with E-state index in [0.717, 1.165) is 5.56 Å². The second-order valence-corrected chi connectivity index (χ2v) is 5.10. The summed E-state index contributed by atoms with van der Waals surface area (Å²) in [6.45, 7) is 2.03. The smallest absolute Gasteiger partial charge is 0.323 e. The summed E-state index contributed by atoms with van der Waals surface area (Å²) < 4.78 is 18.0. The number of carboxylic acids is 1. The molecule has 0 fully saturated rings. The van der Waals surface area contributed by atoms with Crippen LogP contribution >= 0.6 is 0 Å². The summed E-state index contributed by atoms with van der Waals surface area (Å²) in [5, 5.41) is 8.83. The molecule has 22 heavy (non-hydrogen) atoms. The van der Waals surface area contributed by atoms with Gasteiger partial charge in [-0.25, -0.2) is 4.39 Å². The highest BCUT2D eigenvalue weighted by molar-refractivity contribution is 5.98. The van der Waals surface area contributed by atoms with Crippen molar-refractivity contribution < 1.29 is 23.8 Å². The number of hydrogen-bond donors (Lipinski definition) is 1. The van der Waals surface area contributed by atoms with Crippen LogP contribution in [0.2, 0.25) is 0 Å². The minimum absolute atomic E-state index is 0.124. The second-order valence-electron chi connectivity index (χ2n) is 5.10. The van der Waals surface area contributed by atoms with Crippen LogP contribution in [0, 0.1) is 0 Å². The fraction of sp³-hybridized carbons (Fsp3) is 0.375. The van der Waals surface area contributed by atoms with E-state index in [1.165, 1.54) is 4.90 Å². The third kappa shape index (κ3) is 3.63. The molecule has 0 aliphatic carbocycles. The Hall–Kier alpha value is -2.37. The van der Waals surface area contributed by atoms with Gasteiger partial charge in [-0.1, -0.05) is 13.0 Å². The van der Waals surface area contributed by atoms with E-state index in [-0.39, 0.29) is 19.1 Å². The number of halogens is 1. The molecule has 0 saturated carbocycles. The third-order valence-electron chi connectivity index (χ3n) is 3.61. The van der Waals surface area contributed by atoms with Gasteiger partial charge in [-0.2, -0.15) is 0 Å². The van der Waals surface area contributed by atoms with Crippen LogP contribution in [0.1, 0.15) is 29.3 Å². The molecule has 118 valence electrons. The van der Waals surface area contributed by atoms with Gasteiger partial charge in [0.25, 0.3) is 5.91 Å². The maximum Gasteiger partial charge on any atom is 0.323 e. The lowest BCUT2D eigenvalue weighted by atomic mass is 9.98. The van der Waals surface area contributed by atoms with Gasteiger partial charge >= 0.3 is 5.97 Å².